The van der Waals surface area contributed by atoms with E-state index >= 15 is 0 Å². The standard InChI is InChI=1S/C13H17N5O2/c14-12(16-19)9-17-5-7-18(8-6-17)13-15-10-3-1-2-4-11(10)20-13/h1-4,19H,5-9H2,(H2,14,16). The van der Waals surface area contributed by atoms with E-state index in [4.69, 9.17) is 15.4 Å². The molecule has 2 heterocycles. The molecule has 1 aliphatic rings. The van der Waals surface area contributed by atoms with Crippen LogP contribution < -0.4 is 10.6 Å². The summed E-state index contributed by atoms with van der Waals surface area (Å²) in [5.41, 5.74) is 7.20. The molecule has 106 valence electrons. The van der Waals surface area contributed by atoms with E-state index in [0.717, 1.165) is 37.3 Å². The van der Waals surface area contributed by atoms with Gasteiger partial charge in [0, 0.05) is 26.2 Å². The van der Waals surface area contributed by atoms with E-state index in [0.29, 0.717) is 12.6 Å². The summed E-state index contributed by atoms with van der Waals surface area (Å²) in [6, 6.07) is 8.41. The highest BCUT2D eigenvalue weighted by Gasteiger charge is 2.21. The molecule has 0 saturated carbocycles. The number of oxime groups is 1. The summed E-state index contributed by atoms with van der Waals surface area (Å²) in [7, 11) is 0. The van der Waals surface area contributed by atoms with Gasteiger partial charge in [0.15, 0.2) is 11.4 Å². The van der Waals surface area contributed by atoms with Gasteiger partial charge in [-0.2, -0.15) is 4.98 Å². The maximum atomic E-state index is 8.58. The zero-order valence-corrected chi connectivity index (χ0v) is 11.1. The Balaban J connectivity index is 1.65. The van der Waals surface area contributed by atoms with Crippen LogP contribution in [-0.2, 0) is 0 Å². The molecule has 7 nitrogen and oxygen atoms in total. The first-order valence-electron chi connectivity index (χ1n) is 6.55. The lowest BCUT2D eigenvalue weighted by Gasteiger charge is -2.33. The van der Waals surface area contributed by atoms with Gasteiger partial charge in [-0.3, -0.25) is 4.90 Å². The molecule has 2 aromatic rings. The van der Waals surface area contributed by atoms with Crippen molar-refractivity contribution in [3.8, 4) is 0 Å². The highest BCUT2D eigenvalue weighted by molar-refractivity contribution is 5.81. The molecule has 0 aliphatic carbocycles. The number of rotatable bonds is 3. The SMILES string of the molecule is NC(CN1CCN(c2nc3ccccc3o2)CC1)=NO. The van der Waals surface area contributed by atoms with E-state index < -0.39 is 0 Å². The van der Waals surface area contributed by atoms with Gasteiger partial charge >= 0.3 is 0 Å². The van der Waals surface area contributed by atoms with Crippen molar-refractivity contribution in [2.45, 2.75) is 0 Å². The van der Waals surface area contributed by atoms with Crippen molar-refractivity contribution in [1.29, 1.82) is 0 Å². The highest BCUT2D eigenvalue weighted by Crippen LogP contribution is 2.22. The molecule has 7 heteroatoms. The minimum absolute atomic E-state index is 0.236. The molecular formula is C13H17N5O2. The summed E-state index contributed by atoms with van der Waals surface area (Å²) in [5.74, 6) is 0.236. The van der Waals surface area contributed by atoms with Gasteiger partial charge in [-0.25, -0.2) is 0 Å². The average Bonchev–Trinajstić information content (AvgIpc) is 2.91. The number of anilines is 1. The molecule has 1 saturated heterocycles. The van der Waals surface area contributed by atoms with E-state index in [2.05, 4.69) is 19.9 Å². The fraction of sp³-hybridized carbons (Fsp3) is 0.385. The summed E-state index contributed by atoms with van der Waals surface area (Å²) in [6.45, 7) is 3.76. The van der Waals surface area contributed by atoms with Crippen LogP contribution in [0.25, 0.3) is 11.1 Å². The summed E-state index contributed by atoms with van der Waals surface area (Å²) < 4.78 is 5.75. The Morgan fingerprint density at radius 3 is 2.75 bits per heavy atom. The minimum atomic E-state index is 0.236. The second kappa shape index (κ2) is 5.38. The Morgan fingerprint density at radius 2 is 2.05 bits per heavy atom. The van der Waals surface area contributed by atoms with Crippen LogP contribution >= 0.6 is 0 Å². The topological polar surface area (TPSA) is 91.1 Å². The van der Waals surface area contributed by atoms with Gasteiger partial charge in [0.1, 0.15) is 5.52 Å². The summed E-state index contributed by atoms with van der Waals surface area (Å²) in [4.78, 5) is 8.74. The number of hydrogen-bond acceptors (Lipinski definition) is 6. The van der Waals surface area contributed by atoms with E-state index in [-0.39, 0.29) is 5.84 Å². The number of para-hydroxylation sites is 2. The molecular weight excluding hydrogens is 258 g/mol. The number of amidine groups is 1. The number of hydrogen-bond donors (Lipinski definition) is 2. The maximum absolute atomic E-state index is 8.58. The Kier molecular flexibility index (Phi) is 3.42. The zero-order chi connectivity index (χ0) is 13.9. The lowest BCUT2D eigenvalue weighted by molar-refractivity contribution is 0.274. The van der Waals surface area contributed by atoms with Crippen LogP contribution in [0.3, 0.4) is 0 Å². The van der Waals surface area contributed by atoms with Crippen molar-refractivity contribution >= 4 is 22.9 Å². The zero-order valence-electron chi connectivity index (χ0n) is 11.1. The van der Waals surface area contributed by atoms with E-state index in [1.807, 2.05) is 24.3 Å². The molecule has 1 aliphatic heterocycles. The van der Waals surface area contributed by atoms with Gasteiger partial charge in [-0.05, 0) is 12.1 Å². The molecule has 0 spiro atoms. The van der Waals surface area contributed by atoms with Gasteiger partial charge in [-0.1, -0.05) is 17.3 Å². The van der Waals surface area contributed by atoms with Crippen molar-refractivity contribution < 1.29 is 9.62 Å². The molecule has 0 atom stereocenters. The van der Waals surface area contributed by atoms with Crippen LogP contribution in [-0.4, -0.2) is 53.7 Å². The third-order valence-electron chi connectivity index (χ3n) is 3.44. The third-order valence-corrected chi connectivity index (χ3v) is 3.44. The number of aromatic nitrogens is 1. The summed E-state index contributed by atoms with van der Waals surface area (Å²) in [5, 5.41) is 11.6. The minimum Gasteiger partial charge on any atom is -0.423 e. The molecule has 1 fully saturated rings. The molecule has 0 radical (unpaired) electrons. The van der Waals surface area contributed by atoms with E-state index in [1.165, 1.54) is 0 Å². The molecule has 1 aromatic carbocycles. The predicted molar refractivity (Wildman–Crippen MR) is 76.1 cm³/mol. The number of fused-ring (bicyclic) bond motifs is 1. The fourth-order valence-electron chi connectivity index (χ4n) is 2.35. The lowest BCUT2D eigenvalue weighted by Crippen LogP contribution is -2.49. The van der Waals surface area contributed by atoms with E-state index in [1.54, 1.807) is 0 Å². The number of piperazine rings is 1. The van der Waals surface area contributed by atoms with Crippen LogP contribution in [0, 0.1) is 0 Å². The Hall–Kier alpha value is -2.28. The fourth-order valence-corrected chi connectivity index (χ4v) is 2.35. The van der Waals surface area contributed by atoms with Gasteiger partial charge in [-0.15, -0.1) is 0 Å². The first kappa shape index (κ1) is 12.7. The summed E-state index contributed by atoms with van der Waals surface area (Å²) in [6.07, 6.45) is 0. The van der Waals surface area contributed by atoms with Crippen molar-refractivity contribution in [2.75, 3.05) is 37.6 Å². The monoisotopic (exact) mass is 275 g/mol. The molecule has 3 N–H and O–H groups in total. The Morgan fingerprint density at radius 1 is 1.30 bits per heavy atom. The molecule has 3 rings (SSSR count). The van der Waals surface area contributed by atoms with Gasteiger partial charge < -0.3 is 20.3 Å². The average molecular weight is 275 g/mol. The van der Waals surface area contributed by atoms with Crippen LogP contribution in [0.2, 0.25) is 0 Å². The van der Waals surface area contributed by atoms with Crippen molar-refractivity contribution in [3.63, 3.8) is 0 Å². The number of nitrogens with two attached hydrogens (primary N) is 1. The lowest BCUT2D eigenvalue weighted by atomic mass is 10.3. The Labute approximate surface area is 116 Å². The highest BCUT2D eigenvalue weighted by atomic mass is 16.4. The molecule has 20 heavy (non-hydrogen) atoms. The summed E-state index contributed by atoms with van der Waals surface area (Å²) >= 11 is 0. The molecule has 0 unspecified atom stereocenters. The first-order valence-corrected chi connectivity index (χ1v) is 6.55. The third kappa shape index (κ3) is 2.53. The molecule has 1 aromatic heterocycles. The van der Waals surface area contributed by atoms with Crippen LogP contribution in [0.5, 0.6) is 0 Å². The van der Waals surface area contributed by atoms with Crippen molar-refractivity contribution in [3.05, 3.63) is 24.3 Å². The predicted octanol–water partition coefficient (Wildman–Crippen LogP) is 0.696. The van der Waals surface area contributed by atoms with E-state index in [9.17, 15) is 0 Å². The van der Waals surface area contributed by atoms with Gasteiger partial charge in [0.25, 0.3) is 6.01 Å². The largest absolute Gasteiger partial charge is 0.423 e. The van der Waals surface area contributed by atoms with Gasteiger partial charge in [0.2, 0.25) is 0 Å². The number of benzene rings is 1. The number of oxazole rings is 1. The number of nitrogens with zero attached hydrogens (tertiary/aromatic N) is 4. The van der Waals surface area contributed by atoms with Crippen LogP contribution in [0.15, 0.2) is 33.8 Å². The first-order chi connectivity index (χ1) is 9.76. The molecule has 0 bridgehead atoms. The quantitative estimate of drug-likeness (QED) is 0.371. The second-order valence-corrected chi connectivity index (χ2v) is 4.82. The second-order valence-electron chi connectivity index (χ2n) is 4.82. The van der Waals surface area contributed by atoms with Crippen LogP contribution in [0.1, 0.15) is 0 Å². The Bertz CT molecular complexity index is 583. The maximum Gasteiger partial charge on any atom is 0.298 e. The smallest absolute Gasteiger partial charge is 0.298 e. The van der Waals surface area contributed by atoms with Crippen molar-refractivity contribution in [1.82, 2.24) is 9.88 Å². The molecule has 0 amide bonds. The van der Waals surface area contributed by atoms with Crippen molar-refractivity contribution in [2.24, 2.45) is 10.9 Å². The van der Waals surface area contributed by atoms with Gasteiger partial charge in [0.05, 0.1) is 6.54 Å². The normalized spacial score (nSPS) is 17.8. The van der Waals surface area contributed by atoms with Crippen LogP contribution in [0.4, 0.5) is 6.01 Å².